The minimum atomic E-state index is -1.75. The lowest BCUT2D eigenvalue weighted by atomic mass is 9.97. The molecular formula is C17H23N3O9S. The van der Waals surface area contributed by atoms with Gasteiger partial charge in [0.25, 0.3) is 11.6 Å². The first-order chi connectivity index (χ1) is 14.0. The minimum absolute atomic E-state index is 0.0758. The fraction of sp³-hybridized carbons (Fsp3) is 0.588. The number of nitrogens with zero attached hydrogens (tertiary/aromatic N) is 1. The number of β-lactam (4-membered cyclic amide) rings is 1. The first kappa shape index (κ1) is 23.6. The van der Waals surface area contributed by atoms with Crippen LogP contribution in [0.3, 0.4) is 0 Å². The van der Waals surface area contributed by atoms with Crippen LogP contribution in [0, 0.1) is 0 Å². The molecule has 0 aromatic rings. The van der Waals surface area contributed by atoms with Crippen LogP contribution < -0.4 is 11.1 Å². The lowest BCUT2D eigenvalue weighted by molar-refractivity contribution is -0.192. The summed E-state index contributed by atoms with van der Waals surface area (Å²) in [6, 6.07) is -1.09. The molecular weight excluding hydrogens is 422 g/mol. The van der Waals surface area contributed by atoms with E-state index in [-0.39, 0.29) is 42.9 Å². The van der Waals surface area contributed by atoms with Crippen molar-refractivity contribution in [1.82, 2.24) is 10.2 Å². The van der Waals surface area contributed by atoms with E-state index >= 15 is 0 Å². The lowest BCUT2D eigenvalue weighted by Crippen LogP contribution is -2.80. The van der Waals surface area contributed by atoms with Crippen LogP contribution in [0.2, 0.25) is 0 Å². The maximum atomic E-state index is 12.8. The highest BCUT2D eigenvalue weighted by Gasteiger charge is 2.66. The number of thioether (sulfide) groups is 1. The van der Waals surface area contributed by atoms with E-state index in [4.69, 9.17) is 20.3 Å². The Morgan fingerprint density at radius 3 is 2.57 bits per heavy atom. The van der Waals surface area contributed by atoms with Crippen LogP contribution in [-0.4, -0.2) is 81.4 Å². The van der Waals surface area contributed by atoms with Gasteiger partial charge in [0.15, 0.2) is 0 Å². The number of carboxylic acid groups (broad SMARTS) is 2. The molecule has 2 aliphatic rings. The zero-order chi connectivity index (χ0) is 22.6. The van der Waals surface area contributed by atoms with Gasteiger partial charge in [0.05, 0.1) is 0 Å². The summed E-state index contributed by atoms with van der Waals surface area (Å²) in [5.74, 6) is -4.31. The van der Waals surface area contributed by atoms with Gasteiger partial charge in [-0.25, -0.2) is 4.79 Å². The molecule has 0 unspecified atom stereocenters. The third-order valence-corrected chi connectivity index (χ3v) is 6.02. The summed E-state index contributed by atoms with van der Waals surface area (Å²) in [5.41, 5.74) is 3.59. The van der Waals surface area contributed by atoms with E-state index in [1.807, 2.05) is 0 Å². The summed E-state index contributed by atoms with van der Waals surface area (Å²) in [7, 11) is 1.22. The Bertz CT molecular complexity index is 799. The summed E-state index contributed by atoms with van der Waals surface area (Å²) in [6.45, 7) is 0.917. The number of fused-ring (bicyclic) bond motifs is 1. The van der Waals surface area contributed by atoms with Gasteiger partial charge in [-0.1, -0.05) is 0 Å². The summed E-state index contributed by atoms with van der Waals surface area (Å²) in [4.78, 5) is 59.6. The van der Waals surface area contributed by atoms with Crippen molar-refractivity contribution in [3.63, 3.8) is 0 Å². The molecule has 13 heteroatoms. The second kappa shape index (κ2) is 9.45. The molecule has 5 N–H and O–H groups in total. The molecule has 1 saturated heterocycles. The molecule has 2 heterocycles. The van der Waals surface area contributed by atoms with Crippen molar-refractivity contribution in [3.05, 3.63) is 11.3 Å². The molecule has 2 rings (SSSR count). The van der Waals surface area contributed by atoms with E-state index in [0.717, 1.165) is 16.7 Å². The van der Waals surface area contributed by atoms with E-state index in [2.05, 4.69) is 5.32 Å². The Morgan fingerprint density at radius 1 is 1.37 bits per heavy atom. The fourth-order valence-electron chi connectivity index (χ4n) is 3.12. The molecule has 3 atom stereocenters. The SMILES string of the molecule is CO[C@]1(NC(=O)CCC[C@H](N)C(=O)O)C(=O)N2C(C(=O)O)=C(COC(C)=O)CS[C@@H]21. The highest BCUT2D eigenvalue weighted by atomic mass is 32.2. The molecule has 0 aromatic carbocycles. The third kappa shape index (κ3) is 4.57. The molecule has 2 aliphatic heterocycles. The number of hydrogen-bond donors (Lipinski definition) is 4. The first-order valence-corrected chi connectivity index (χ1v) is 9.98. The highest BCUT2D eigenvalue weighted by molar-refractivity contribution is 8.00. The van der Waals surface area contributed by atoms with Gasteiger partial charge in [-0.2, -0.15) is 0 Å². The maximum Gasteiger partial charge on any atom is 0.352 e. The van der Waals surface area contributed by atoms with Crippen LogP contribution >= 0.6 is 11.8 Å². The van der Waals surface area contributed by atoms with Gasteiger partial charge >= 0.3 is 17.9 Å². The molecule has 0 saturated carbocycles. The lowest BCUT2D eigenvalue weighted by Gasteiger charge is -2.55. The van der Waals surface area contributed by atoms with Gasteiger partial charge in [0, 0.05) is 31.8 Å². The molecule has 2 amide bonds. The number of nitrogens with two attached hydrogens (primary N) is 1. The molecule has 30 heavy (non-hydrogen) atoms. The molecule has 12 nitrogen and oxygen atoms in total. The van der Waals surface area contributed by atoms with Crippen LogP contribution in [0.4, 0.5) is 0 Å². The highest BCUT2D eigenvalue weighted by Crippen LogP contribution is 2.46. The van der Waals surface area contributed by atoms with Crippen LogP contribution in [0.25, 0.3) is 0 Å². The van der Waals surface area contributed by atoms with Crippen LogP contribution in [0.5, 0.6) is 0 Å². The zero-order valence-electron chi connectivity index (χ0n) is 16.4. The van der Waals surface area contributed by atoms with Crippen molar-refractivity contribution in [2.45, 2.75) is 43.3 Å². The number of amides is 2. The Balaban J connectivity index is 2.11. The van der Waals surface area contributed by atoms with Crippen molar-refractivity contribution in [1.29, 1.82) is 0 Å². The minimum Gasteiger partial charge on any atom is -0.480 e. The molecule has 0 radical (unpaired) electrons. The molecule has 0 aliphatic carbocycles. The van der Waals surface area contributed by atoms with Gasteiger partial charge in [0.1, 0.15) is 23.7 Å². The maximum absolute atomic E-state index is 12.8. The third-order valence-electron chi connectivity index (χ3n) is 4.65. The number of aliphatic carboxylic acids is 2. The predicted octanol–water partition coefficient (Wildman–Crippen LogP) is -1.16. The average Bonchev–Trinajstić information content (AvgIpc) is 2.68. The first-order valence-electron chi connectivity index (χ1n) is 8.93. The molecule has 166 valence electrons. The Hall–Kier alpha value is -2.64. The van der Waals surface area contributed by atoms with Crippen molar-refractivity contribution >= 4 is 41.5 Å². The topological polar surface area (TPSA) is 186 Å². The predicted molar refractivity (Wildman–Crippen MR) is 102 cm³/mol. The van der Waals surface area contributed by atoms with Gasteiger partial charge in [-0.15, -0.1) is 11.8 Å². The number of hydrogen-bond acceptors (Lipinski definition) is 9. The molecule has 1 fully saturated rings. The Kier molecular flexibility index (Phi) is 7.44. The van der Waals surface area contributed by atoms with Crippen molar-refractivity contribution in [3.8, 4) is 0 Å². The summed E-state index contributed by atoms with van der Waals surface area (Å²) in [6.07, 6.45) is 0.171. The second-order valence-corrected chi connectivity index (χ2v) is 7.77. The van der Waals surface area contributed by atoms with Crippen molar-refractivity contribution < 1.29 is 43.7 Å². The number of rotatable bonds is 10. The van der Waals surface area contributed by atoms with E-state index in [1.165, 1.54) is 14.0 Å². The van der Waals surface area contributed by atoms with E-state index < -0.39 is 46.9 Å². The quantitative estimate of drug-likeness (QED) is 0.181. The monoisotopic (exact) mass is 445 g/mol. The number of carboxylic acids is 2. The Morgan fingerprint density at radius 2 is 2.03 bits per heavy atom. The molecule has 0 aromatic heterocycles. The number of ether oxygens (including phenoxy) is 2. The molecule has 0 bridgehead atoms. The van der Waals surface area contributed by atoms with E-state index in [0.29, 0.717) is 0 Å². The van der Waals surface area contributed by atoms with Gasteiger partial charge in [-0.05, 0) is 12.8 Å². The Labute approximate surface area is 175 Å². The van der Waals surface area contributed by atoms with Crippen molar-refractivity contribution in [2.24, 2.45) is 5.73 Å². The number of carbonyl (C=O) groups is 5. The molecule has 0 spiro atoms. The largest absolute Gasteiger partial charge is 0.480 e. The summed E-state index contributed by atoms with van der Waals surface area (Å²) >= 11 is 1.16. The fourth-order valence-corrected chi connectivity index (χ4v) is 4.54. The number of nitrogens with one attached hydrogen (secondary N) is 1. The van der Waals surface area contributed by atoms with Crippen molar-refractivity contribution in [2.75, 3.05) is 19.5 Å². The summed E-state index contributed by atoms with van der Waals surface area (Å²) in [5, 5.41) is 20.0. The number of methoxy groups -OCH3 is 1. The number of esters is 1. The van der Waals surface area contributed by atoms with Gasteiger partial charge in [-0.3, -0.25) is 24.1 Å². The van der Waals surface area contributed by atoms with Gasteiger partial charge < -0.3 is 30.7 Å². The second-order valence-electron chi connectivity index (χ2n) is 6.70. The smallest absolute Gasteiger partial charge is 0.352 e. The van der Waals surface area contributed by atoms with E-state index in [9.17, 15) is 29.1 Å². The standard InChI is InChI=1S/C17H23N3O9S/c1-8(21)29-6-9-7-30-16-17(28-2,15(27)20(16)12(9)14(25)26)19-11(22)5-3-4-10(18)13(23)24/h10,16H,3-7,18H2,1-2H3,(H,19,22)(H,23,24)(H,25,26)/t10-,16+,17+/m0/s1. The average molecular weight is 445 g/mol. The normalized spacial score (nSPS) is 23.9. The van der Waals surface area contributed by atoms with Gasteiger partial charge in [0.2, 0.25) is 5.91 Å². The van der Waals surface area contributed by atoms with Crippen LogP contribution in [0.1, 0.15) is 26.2 Å². The zero-order valence-corrected chi connectivity index (χ0v) is 17.2. The summed E-state index contributed by atoms with van der Waals surface area (Å²) < 4.78 is 10.2. The van der Waals surface area contributed by atoms with E-state index in [1.54, 1.807) is 0 Å². The number of carbonyl (C=O) groups excluding carboxylic acids is 3. The van der Waals surface area contributed by atoms with Crippen LogP contribution in [-0.2, 0) is 33.4 Å². The van der Waals surface area contributed by atoms with Crippen LogP contribution in [0.15, 0.2) is 11.3 Å².